The minimum atomic E-state index is -0.0291. The van der Waals surface area contributed by atoms with Gasteiger partial charge in [-0.3, -0.25) is 9.69 Å². The van der Waals surface area contributed by atoms with Crippen molar-refractivity contribution in [2.24, 2.45) is 5.41 Å². The Hall–Kier alpha value is -3.03. The lowest BCUT2D eigenvalue weighted by Gasteiger charge is -2.36. The van der Waals surface area contributed by atoms with Gasteiger partial charge in [0.2, 0.25) is 11.7 Å². The molecule has 1 aliphatic rings. The van der Waals surface area contributed by atoms with Gasteiger partial charge < -0.3 is 19.1 Å². The molecule has 0 N–H and O–H groups in total. The highest BCUT2D eigenvalue weighted by Gasteiger charge is 2.28. The van der Waals surface area contributed by atoms with E-state index in [2.05, 4.69) is 61.2 Å². The molecule has 6 nitrogen and oxygen atoms in total. The molecule has 0 saturated carbocycles. The third-order valence-corrected chi connectivity index (χ3v) is 9.24. The van der Waals surface area contributed by atoms with Gasteiger partial charge in [-0.25, -0.2) is 0 Å². The number of carbonyl (C=O) groups excluding carboxylic acids is 1. The highest BCUT2D eigenvalue weighted by atomic mass is 32.1. The number of ether oxygens (including phenoxy) is 3. The molecule has 1 aliphatic heterocycles. The molecular formula is C34H46N2O4S. The van der Waals surface area contributed by atoms with Crippen LogP contribution in [0.4, 0.5) is 0 Å². The van der Waals surface area contributed by atoms with Crippen molar-refractivity contribution in [3.05, 3.63) is 75.5 Å². The Labute approximate surface area is 250 Å². The summed E-state index contributed by atoms with van der Waals surface area (Å²) in [7, 11) is 4.91. The maximum absolute atomic E-state index is 13.2. The van der Waals surface area contributed by atoms with Crippen LogP contribution in [0.2, 0.25) is 0 Å². The van der Waals surface area contributed by atoms with E-state index < -0.39 is 0 Å². The van der Waals surface area contributed by atoms with Gasteiger partial charge in [-0.15, -0.1) is 11.3 Å². The minimum Gasteiger partial charge on any atom is -0.493 e. The number of hydrogen-bond donors (Lipinski definition) is 0. The molecule has 4 rings (SSSR count). The molecule has 1 aromatic heterocycles. The lowest BCUT2D eigenvalue weighted by atomic mass is 9.83. The van der Waals surface area contributed by atoms with Gasteiger partial charge in [0.05, 0.1) is 21.3 Å². The van der Waals surface area contributed by atoms with Crippen LogP contribution in [0.25, 0.3) is 0 Å². The van der Waals surface area contributed by atoms with Gasteiger partial charge in [0, 0.05) is 54.5 Å². The summed E-state index contributed by atoms with van der Waals surface area (Å²) in [4.78, 5) is 20.5. The summed E-state index contributed by atoms with van der Waals surface area (Å²) >= 11 is 1.94. The van der Waals surface area contributed by atoms with Crippen LogP contribution in [0.3, 0.4) is 0 Å². The normalized spacial score (nSPS) is 14.2. The maximum Gasteiger partial charge on any atom is 0.223 e. The Balaban J connectivity index is 1.20. The number of rotatable bonds is 14. The Morgan fingerprint density at radius 1 is 0.805 bits per heavy atom. The van der Waals surface area contributed by atoms with Crippen molar-refractivity contribution in [1.29, 1.82) is 0 Å². The predicted molar refractivity (Wildman–Crippen MR) is 167 cm³/mol. The molecular weight excluding hydrogens is 532 g/mol. The van der Waals surface area contributed by atoms with Crippen molar-refractivity contribution < 1.29 is 19.0 Å². The van der Waals surface area contributed by atoms with Crippen molar-refractivity contribution in [2.75, 3.05) is 47.5 Å². The lowest BCUT2D eigenvalue weighted by Crippen LogP contribution is -2.49. The van der Waals surface area contributed by atoms with Crippen LogP contribution in [0.5, 0.6) is 17.2 Å². The van der Waals surface area contributed by atoms with E-state index in [9.17, 15) is 4.79 Å². The van der Waals surface area contributed by atoms with Crippen LogP contribution >= 0.6 is 11.3 Å². The first kappa shape index (κ1) is 30.9. The Bertz CT molecular complexity index is 1250. The average Bonchev–Trinajstić information content (AvgIpc) is 3.44. The van der Waals surface area contributed by atoms with Crippen LogP contribution in [-0.4, -0.2) is 63.2 Å². The third kappa shape index (κ3) is 8.73. The molecule has 3 aromatic rings. The molecule has 41 heavy (non-hydrogen) atoms. The van der Waals surface area contributed by atoms with E-state index in [1.165, 1.54) is 21.7 Å². The van der Waals surface area contributed by atoms with E-state index >= 15 is 0 Å². The highest BCUT2D eigenvalue weighted by Crippen LogP contribution is 2.40. The molecule has 7 heteroatoms. The van der Waals surface area contributed by atoms with Crippen molar-refractivity contribution in [1.82, 2.24) is 9.80 Å². The second-order valence-electron chi connectivity index (χ2n) is 11.7. The number of carbonyl (C=O) groups is 1. The average molecular weight is 579 g/mol. The fraction of sp³-hybridized carbons (Fsp3) is 0.500. The standard InChI is InChI=1S/C34H46N2O4S/c1-34(2,19-18-29-16-15-28(41-29)13-9-12-26-10-7-6-8-11-26)24-31(37)36-22-20-35(21-23-36)25-27-14-17-30(38-3)33(40-5)32(27)39-4/h6-8,10-11,14-17H,9,12-13,18-25H2,1-5H3. The maximum atomic E-state index is 13.2. The fourth-order valence-corrected chi connectivity index (χ4v) is 6.62. The first-order valence-electron chi connectivity index (χ1n) is 14.7. The molecule has 0 radical (unpaired) electrons. The molecule has 1 amide bonds. The van der Waals surface area contributed by atoms with E-state index in [1.807, 2.05) is 28.4 Å². The second kappa shape index (κ2) is 14.7. The molecule has 2 heterocycles. The topological polar surface area (TPSA) is 51.2 Å². The highest BCUT2D eigenvalue weighted by molar-refractivity contribution is 7.11. The van der Waals surface area contributed by atoms with E-state index in [0.717, 1.165) is 64.0 Å². The summed E-state index contributed by atoms with van der Waals surface area (Å²) in [5.74, 6) is 2.25. The zero-order valence-electron chi connectivity index (χ0n) is 25.4. The Morgan fingerprint density at radius 2 is 1.49 bits per heavy atom. The van der Waals surface area contributed by atoms with Gasteiger partial charge >= 0.3 is 0 Å². The van der Waals surface area contributed by atoms with Gasteiger partial charge in [-0.05, 0) is 61.3 Å². The molecule has 1 fully saturated rings. The summed E-state index contributed by atoms with van der Waals surface area (Å²) < 4.78 is 16.6. The zero-order chi connectivity index (χ0) is 29.2. The van der Waals surface area contributed by atoms with Crippen LogP contribution in [0, 0.1) is 5.41 Å². The smallest absolute Gasteiger partial charge is 0.223 e. The molecule has 222 valence electrons. The number of aryl methyl sites for hydroxylation is 3. The third-order valence-electron chi connectivity index (χ3n) is 8.03. The van der Waals surface area contributed by atoms with Crippen molar-refractivity contribution >= 4 is 17.2 Å². The molecule has 0 spiro atoms. The number of benzene rings is 2. The van der Waals surface area contributed by atoms with Crippen LogP contribution in [0.1, 0.15) is 54.0 Å². The molecule has 0 atom stereocenters. The summed E-state index contributed by atoms with van der Waals surface area (Å²) in [5.41, 5.74) is 2.44. The Morgan fingerprint density at radius 3 is 2.15 bits per heavy atom. The quantitative estimate of drug-likeness (QED) is 0.215. The number of amides is 1. The first-order valence-corrected chi connectivity index (χ1v) is 15.5. The summed E-state index contributed by atoms with van der Waals surface area (Å²) in [6, 6.07) is 19.2. The van der Waals surface area contributed by atoms with E-state index in [0.29, 0.717) is 23.7 Å². The summed E-state index contributed by atoms with van der Waals surface area (Å²) in [6.45, 7) is 8.39. The number of hydrogen-bond acceptors (Lipinski definition) is 6. The number of piperazine rings is 1. The number of methoxy groups -OCH3 is 3. The van der Waals surface area contributed by atoms with Gasteiger partial charge in [-0.2, -0.15) is 0 Å². The second-order valence-corrected chi connectivity index (χ2v) is 13.0. The molecule has 0 unspecified atom stereocenters. The van der Waals surface area contributed by atoms with E-state index in [-0.39, 0.29) is 11.3 Å². The van der Waals surface area contributed by atoms with Crippen molar-refractivity contribution in [3.63, 3.8) is 0 Å². The molecule has 0 aliphatic carbocycles. The molecule has 2 aromatic carbocycles. The Kier molecular flexibility index (Phi) is 11.1. The minimum absolute atomic E-state index is 0.0291. The number of thiophene rings is 1. The SMILES string of the molecule is COc1ccc(CN2CCN(C(=O)CC(C)(C)CCc3ccc(CCCc4ccccc4)s3)CC2)c(OC)c1OC. The van der Waals surface area contributed by atoms with E-state index in [4.69, 9.17) is 14.2 Å². The van der Waals surface area contributed by atoms with Crippen LogP contribution in [-0.2, 0) is 30.6 Å². The van der Waals surface area contributed by atoms with Gasteiger partial charge in [0.1, 0.15) is 0 Å². The molecule has 1 saturated heterocycles. The lowest BCUT2D eigenvalue weighted by molar-refractivity contribution is -0.135. The van der Waals surface area contributed by atoms with Crippen LogP contribution < -0.4 is 14.2 Å². The predicted octanol–water partition coefficient (Wildman–Crippen LogP) is 6.64. The first-order chi connectivity index (χ1) is 19.8. The largest absolute Gasteiger partial charge is 0.493 e. The fourth-order valence-electron chi connectivity index (χ4n) is 5.56. The van der Waals surface area contributed by atoms with Gasteiger partial charge in [0.25, 0.3) is 0 Å². The van der Waals surface area contributed by atoms with E-state index in [1.54, 1.807) is 21.3 Å². The van der Waals surface area contributed by atoms with Crippen LogP contribution in [0.15, 0.2) is 54.6 Å². The van der Waals surface area contributed by atoms with Crippen molar-refractivity contribution in [3.8, 4) is 17.2 Å². The molecule has 0 bridgehead atoms. The van der Waals surface area contributed by atoms with Crippen molar-refractivity contribution in [2.45, 2.75) is 58.9 Å². The summed E-state index contributed by atoms with van der Waals surface area (Å²) in [5, 5.41) is 0. The van der Waals surface area contributed by atoms with Gasteiger partial charge in [0.15, 0.2) is 11.5 Å². The van der Waals surface area contributed by atoms with Gasteiger partial charge in [-0.1, -0.05) is 50.2 Å². The number of nitrogens with zero attached hydrogens (tertiary/aromatic N) is 2. The summed E-state index contributed by atoms with van der Waals surface area (Å²) in [6.07, 6.45) is 6.07. The zero-order valence-corrected chi connectivity index (χ0v) is 26.2. The monoisotopic (exact) mass is 578 g/mol.